The van der Waals surface area contributed by atoms with Gasteiger partial charge in [-0.25, -0.2) is 4.98 Å². The maximum absolute atomic E-state index is 6.10. The molecule has 0 unspecified atom stereocenters. The molecule has 0 fully saturated rings. The van der Waals surface area contributed by atoms with E-state index in [9.17, 15) is 0 Å². The molecular weight excluding hydrogens is 378 g/mol. The lowest BCUT2D eigenvalue weighted by Gasteiger charge is -2.11. The third-order valence-electron chi connectivity index (χ3n) is 4.07. The first kappa shape index (κ1) is 17.9. The van der Waals surface area contributed by atoms with Crippen molar-refractivity contribution in [3.05, 3.63) is 65.9 Å². The summed E-state index contributed by atoms with van der Waals surface area (Å²) < 4.78 is 10.8. The van der Waals surface area contributed by atoms with Gasteiger partial charge in [-0.15, -0.1) is 0 Å². The fraction of sp³-hybridized carbons (Fsp3) is 0.100. The second-order valence-corrected chi connectivity index (χ2v) is 6.36. The van der Waals surface area contributed by atoms with Crippen molar-refractivity contribution in [2.75, 3.05) is 12.4 Å². The molecule has 0 spiro atoms. The number of nitrogens with one attached hydrogen (secondary N) is 1. The van der Waals surface area contributed by atoms with Crippen LogP contribution in [-0.2, 0) is 0 Å². The Hall–Kier alpha value is -3.45. The summed E-state index contributed by atoms with van der Waals surface area (Å²) in [5, 5.41) is 3.25. The van der Waals surface area contributed by atoms with Crippen molar-refractivity contribution < 1.29 is 9.15 Å². The second kappa shape index (κ2) is 7.66. The molecule has 4 aromatic rings. The molecule has 140 valence electrons. The van der Waals surface area contributed by atoms with Gasteiger partial charge in [0, 0.05) is 17.3 Å². The van der Waals surface area contributed by atoms with E-state index in [2.05, 4.69) is 25.3 Å². The van der Waals surface area contributed by atoms with Gasteiger partial charge in [0.1, 0.15) is 5.75 Å². The number of oxazole rings is 1. The maximum Gasteiger partial charge on any atom is 0.232 e. The fourth-order valence-corrected chi connectivity index (χ4v) is 2.85. The van der Waals surface area contributed by atoms with Crippen molar-refractivity contribution in [3.63, 3.8) is 0 Å². The van der Waals surface area contributed by atoms with Crippen LogP contribution in [0.3, 0.4) is 0 Å². The predicted octanol–water partition coefficient (Wildman–Crippen LogP) is 4.91. The molecule has 8 heteroatoms. The van der Waals surface area contributed by atoms with Crippen LogP contribution in [0.5, 0.6) is 5.75 Å². The zero-order chi connectivity index (χ0) is 19.5. The molecule has 2 aromatic heterocycles. The van der Waals surface area contributed by atoms with Crippen molar-refractivity contribution in [2.45, 2.75) is 6.92 Å². The van der Waals surface area contributed by atoms with Gasteiger partial charge in [0.05, 0.1) is 18.9 Å². The predicted molar refractivity (Wildman–Crippen MR) is 107 cm³/mol. The number of hydrogen-bond donors (Lipinski definition) is 1. The number of rotatable bonds is 5. The fourth-order valence-electron chi connectivity index (χ4n) is 2.69. The molecule has 0 atom stereocenters. The van der Waals surface area contributed by atoms with E-state index in [1.54, 1.807) is 13.3 Å². The number of benzene rings is 2. The van der Waals surface area contributed by atoms with Gasteiger partial charge in [0.15, 0.2) is 18.0 Å². The Bertz CT molecular complexity index is 1100. The number of aryl methyl sites for hydroxylation is 1. The first-order valence-corrected chi connectivity index (χ1v) is 8.83. The van der Waals surface area contributed by atoms with Crippen LogP contribution >= 0.6 is 11.6 Å². The van der Waals surface area contributed by atoms with Gasteiger partial charge >= 0.3 is 0 Å². The minimum absolute atomic E-state index is 0.110. The highest BCUT2D eigenvalue weighted by molar-refractivity contribution is 6.28. The van der Waals surface area contributed by atoms with E-state index in [1.807, 2.05) is 49.4 Å². The van der Waals surface area contributed by atoms with E-state index in [0.717, 1.165) is 22.4 Å². The summed E-state index contributed by atoms with van der Waals surface area (Å²) >= 11 is 6.10. The summed E-state index contributed by atoms with van der Waals surface area (Å²) in [5.41, 5.74) is 3.54. The Balaban J connectivity index is 1.65. The van der Waals surface area contributed by atoms with Crippen LogP contribution < -0.4 is 10.1 Å². The van der Waals surface area contributed by atoms with Crippen molar-refractivity contribution in [1.82, 2.24) is 19.9 Å². The highest BCUT2D eigenvalue weighted by Crippen LogP contribution is 2.33. The van der Waals surface area contributed by atoms with Crippen molar-refractivity contribution >= 4 is 23.2 Å². The number of nitrogens with zero attached hydrogens (tertiary/aromatic N) is 4. The van der Waals surface area contributed by atoms with Crippen LogP contribution in [-0.4, -0.2) is 27.0 Å². The summed E-state index contributed by atoms with van der Waals surface area (Å²) in [4.78, 5) is 16.8. The average molecular weight is 394 g/mol. The highest BCUT2D eigenvalue weighted by Gasteiger charge is 2.12. The van der Waals surface area contributed by atoms with Gasteiger partial charge in [0.2, 0.25) is 11.2 Å². The Morgan fingerprint density at radius 2 is 1.86 bits per heavy atom. The zero-order valence-corrected chi connectivity index (χ0v) is 15.9. The molecule has 0 amide bonds. The molecule has 0 radical (unpaired) electrons. The Morgan fingerprint density at radius 1 is 1.04 bits per heavy atom. The molecule has 0 saturated carbocycles. The van der Waals surface area contributed by atoms with Gasteiger partial charge < -0.3 is 14.5 Å². The van der Waals surface area contributed by atoms with Gasteiger partial charge in [-0.3, -0.25) is 0 Å². The summed E-state index contributed by atoms with van der Waals surface area (Å²) in [7, 11) is 1.59. The van der Waals surface area contributed by atoms with Crippen molar-refractivity contribution in [3.8, 4) is 28.5 Å². The number of anilines is 2. The summed E-state index contributed by atoms with van der Waals surface area (Å²) in [5.74, 6) is 2.08. The van der Waals surface area contributed by atoms with E-state index < -0.39 is 0 Å². The number of ether oxygens (including phenoxy) is 1. The standard InChI is InChI=1S/C20H16ClN5O2/c1-12-3-5-13(6-4-12)18-24-19(21)26-20(25-18)23-14-7-8-15(16(9-14)27-2)17-10-22-11-28-17/h3-11H,1-2H3,(H,23,24,25,26). The minimum atomic E-state index is 0.110. The second-order valence-electron chi connectivity index (χ2n) is 6.02. The molecule has 0 bridgehead atoms. The van der Waals surface area contributed by atoms with Crippen LogP contribution in [0.4, 0.5) is 11.6 Å². The molecule has 0 aliphatic carbocycles. The van der Waals surface area contributed by atoms with E-state index in [-0.39, 0.29) is 5.28 Å². The molecule has 2 heterocycles. The SMILES string of the molecule is COc1cc(Nc2nc(Cl)nc(-c3ccc(C)cc3)n2)ccc1-c1cnco1. The molecular formula is C20H16ClN5O2. The number of halogens is 1. The van der Waals surface area contributed by atoms with E-state index in [1.165, 1.54) is 6.39 Å². The first-order valence-electron chi connectivity index (χ1n) is 8.45. The molecule has 4 rings (SSSR count). The lowest BCUT2D eigenvalue weighted by Crippen LogP contribution is -2.02. The number of methoxy groups -OCH3 is 1. The van der Waals surface area contributed by atoms with Crippen LogP contribution in [0, 0.1) is 6.92 Å². The molecule has 2 aromatic carbocycles. The topological polar surface area (TPSA) is 86.0 Å². The first-order chi connectivity index (χ1) is 13.6. The average Bonchev–Trinajstić information content (AvgIpc) is 3.22. The van der Waals surface area contributed by atoms with Gasteiger partial charge in [-0.05, 0) is 30.7 Å². The minimum Gasteiger partial charge on any atom is -0.496 e. The van der Waals surface area contributed by atoms with Crippen LogP contribution in [0.1, 0.15) is 5.56 Å². The largest absolute Gasteiger partial charge is 0.496 e. The van der Waals surface area contributed by atoms with Crippen LogP contribution in [0.25, 0.3) is 22.7 Å². The number of hydrogen-bond acceptors (Lipinski definition) is 7. The zero-order valence-electron chi connectivity index (χ0n) is 15.2. The lowest BCUT2D eigenvalue weighted by atomic mass is 10.1. The van der Waals surface area contributed by atoms with E-state index >= 15 is 0 Å². The molecule has 0 aliphatic heterocycles. The smallest absolute Gasteiger partial charge is 0.232 e. The molecule has 7 nitrogen and oxygen atoms in total. The Labute approximate surface area is 166 Å². The monoisotopic (exact) mass is 393 g/mol. The molecule has 1 N–H and O–H groups in total. The third kappa shape index (κ3) is 3.79. The summed E-state index contributed by atoms with van der Waals surface area (Å²) in [6.07, 6.45) is 3.00. The summed E-state index contributed by atoms with van der Waals surface area (Å²) in [6, 6.07) is 13.4. The molecule has 28 heavy (non-hydrogen) atoms. The van der Waals surface area contributed by atoms with Gasteiger partial charge in [0.25, 0.3) is 0 Å². The Kier molecular flexibility index (Phi) is 4.90. The van der Waals surface area contributed by atoms with E-state index in [0.29, 0.717) is 23.3 Å². The summed E-state index contributed by atoms with van der Waals surface area (Å²) in [6.45, 7) is 2.02. The van der Waals surface area contributed by atoms with Gasteiger partial charge in [-0.2, -0.15) is 15.0 Å². The quantitative estimate of drug-likeness (QED) is 0.515. The van der Waals surface area contributed by atoms with E-state index in [4.69, 9.17) is 20.8 Å². The Morgan fingerprint density at radius 3 is 2.57 bits per heavy atom. The van der Waals surface area contributed by atoms with Crippen molar-refractivity contribution in [1.29, 1.82) is 0 Å². The maximum atomic E-state index is 6.10. The van der Waals surface area contributed by atoms with Gasteiger partial charge in [-0.1, -0.05) is 29.8 Å². The van der Waals surface area contributed by atoms with Crippen LogP contribution in [0.15, 0.2) is 59.5 Å². The lowest BCUT2D eigenvalue weighted by molar-refractivity contribution is 0.415. The highest BCUT2D eigenvalue weighted by atomic mass is 35.5. The molecule has 0 saturated heterocycles. The normalized spacial score (nSPS) is 10.7. The van der Waals surface area contributed by atoms with Crippen molar-refractivity contribution in [2.24, 2.45) is 0 Å². The molecule has 0 aliphatic rings. The number of aromatic nitrogens is 4. The third-order valence-corrected chi connectivity index (χ3v) is 4.24. The van der Waals surface area contributed by atoms with Crippen LogP contribution in [0.2, 0.25) is 5.28 Å².